The van der Waals surface area contributed by atoms with E-state index in [2.05, 4.69) is 25.6 Å². The average Bonchev–Trinajstić information content (AvgIpc) is 3.01. The SMILES string of the molecule is C=C[C@@]12CCc3cc(O)ccc3[C@H]1[C@@H](CCCCCC(C)O)C[C@@]1(C)[C@H]2CC[C@@H]1O. The molecule has 3 heteroatoms. The average molecular weight is 413 g/mol. The minimum Gasteiger partial charge on any atom is -0.508 e. The van der Waals surface area contributed by atoms with Crippen LogP contribution in [0, 0.1) is 22.7 Å². The fourth-order valence-electron chi connectivity index (χ4n) is 7.72. The third kappa shape index (κ3) is 3.52. The minimum absolute atomic E-state index is 0.0244. The van der Waals surface area contributed by atoms with E-state index in [9.17, 15) is 15.3 Å². The van der Waals surface area contributed by atoms with Crippen molar-refractivity contribution in [2.24, 2.45) is 22.7 Å². The summed E-state index contributed by atoms with van der Waals surface area (Å²) in [5, 5.41) is 30.6. The molecule has 3 nitrogen and oxygen atoms in total. The van der Waals surface area contributed by atoms with Crippen LogP contribution < -0.4 is 0 Å². The molecule has 0 spiro atoms. The third-order valence-corrected chi connectivity index (χ3v) is 9.05. The number of hydrogen-bond donors (Lipinski definition) is 3. The second kappa shape index (κ2) is 8.31. The first-order valence-electron chi connectivity index (χ1n) is 12.1. The van der Waals surface area contributed by atoms with E-state index >= 15 is 0 Å². The largest absolute Gasteiger partial charge is 0.508 e. The molecule has 2 saturated carbocycles. The van der Waals surface area contributed by atoms with Crippen LogP contribution in [0.2, 0.25) is 0 Å². The number of aryl methyl sites for hydroxylation is 1. The van der Waals surface area contributed by atoms with Crippen molar-refractivity contribution in [1.29, 1.82) is 0 Å². The highest BCUT2D eigenvalue weighted by molar-refractivity contribution is 5.43. The highest BCUT2D eigenvalue weighted by Gasteiger charge is 2.63. The Balaban J connectivity index is 1.67. The summed E-state index contributed by atoms with van der Waals surface area (Å²) in [6, 6.07) is 6.00. The zero-order chi connectivity index (χ0) is 21.5. The molecule has 0 saturated heterocycles. The Morgan fingerprint density at radius 1 is 1.23 bits per heavy atom. The normalized spacial score (nSPS) is 38.4. The van der Waals surface area contributed by atoms with Crippen LogP contribution in [0.15, 0.2) is 30.9 Å². The Morgan fingerprint density at radius 2 is 2.03 bits per heavy atom. The lowest BCUT2D eigenvalue weighted by Gasteiger charge is -2.60. The van der Waals surface area contributed by atoms with Gasteiger partial charge in [0.1, 0.15) is 5.75 Å². The molecule has 2 fully saturated rings. The standard InChI is InChI=1S/C27H40O3/c1-4-27-15-14-19-16-21(29)10-11-22(19)25(27)20(9-7-5-6-8-18(2)28)17-26(3)23(27)12-13-24(26)30/h4,10-11,16,18,20,23-25,28-30H,1,5-9,12-15,17H2,2-3H3/t18?,20-,23+,24-,25+,26-,27-/m0/s1. The molecule has 0 bridgehead atoms. The van der Waals surface area contributed by atoms with Gasteiger partial charge in [0.15, 0.2) is 0 Å². The molecule has 1 aromatic carbocycles. The van der Waals surface area contributed by atoms with Crippen molar-refractivity contribution < 1.29 is 15.3 Å². The molecular formula is C27H40O3. The number of unbranched alkanes of at least 4 members (excludes halogenated alkanes) is 2. The molecule has 166 valence electrons. The topological polar surface area (TPSA) is 60.7 Å². The highest BCUT2D eigenvalue weighted by atomic mass is 16.3. The van der Waals surface area contributed by atoms with Crippen molar-refractivity contribution in [1.82, 2.24) is 0 Å². The van der Waals surface area contributed by atoms with Crippen molar-refractivity contribution in [3.05, 3.63) is 42.0 Å². The molecule has 1 aromatic rings. The summed E-state index contributed by atoms with van der Waals surface area (Å²) in [6.45, 7) is 8.58. The van der Waals surface area contributed by atoms with Crippen LogP contribution >= 0.6 is 0 Å². The van der Waals surface area contributed by atoms with Crippen molar-refractivity contribution in [3.8, 4) is 5.75 Å². The summed E-state index contributed by atoms with van der Waals surface area (Å²) >= 11 is 0. The lowest BCUT2D eigenvalue weighted by molar-refractivity contribution is -0.0812. The van der Waals surface area contributed by atoms with E-state index in [4.69, 9.17) is 0 Å². The van der Waals surface area contributed by atoms with Gasteiger partial charge >= 0.3 is 0 Å². The van der Waals surface area contributed by atoms with E-state index in [1.54, 1.807) is 0 Å². The molecule has 4 rings (SSSR count). The number of aliphatic hydroxyl groups is 2. The van der Waals surface area contributed by atoms with Crippen molar-refractivity contribution in [2.45, 2.75) is 96.2 Å². The Bertz CT molecular complexity index is 771. The van der Waals surface area contributed by atoms with Crippen LogP contribution in [0.4, 0.5) is 0 Å². The molecule has 1 unspecified atom stereocenters. The Morgan fingerprint density at radius 3 is 2.77 bits per heavy atom. The van der Waals surface area contributed by atoms with Gasteiger partial charge in [0.2, 0.25) is 0 Å². The van der Waals surface area contributed by atoms with Gasteiger partial charge in [-0.05, 0) is 104 Å². The van der Waals surface area contributed by atoms with Gasteiger partial charge < -0.3 is 15.3 Å². The van der Waals surface area contributed by atoms with Gasteiger partial charge in [0.25, 0.3) is 0 Å². The molecule has 3 N–H and O–H groups in total. The van der Waals surface area contributed by atoms with E-state index < -0.39 is 0 Å². The molecule has 7 atom stereocenters. The predicted molar refractivity (Wildman–Crippen MR) is 122 cm³/mol. The highest BCUT2D eigenvalue weighted by Crippen LogP contribution is 2.69. The summed E-state index contributed by atoms with van der Waals surface area (Å²) in [5.74, 6) is 1.80. The monoisotopic (exact) mass is 412 g/mol. The number of aromatic hydroxyl groups is 1. The predicted octanol–water partition coefficient (Wildman–Crippen LogP) is 5.72. The summed E-state index contributed by atoms with van der Waals surface area (Å²) in [7, 11) is 0. The second-order valence-corrected chi connectivity index (χ2v) is 10.8. The van der Waals surface area contributed by atoms with Crippen LogP contribution in [0.25, 0.3) is 0 Å². The summed E-state index contributed by atoms with van der Waals surface area (Å²) in [5.41, 5.74) is 2.73. The zero-order valence-corrected chi connectivity index (χ0v) is 18.8. The van der Waals surface area contributed by atoms with Gasteiger partial charge in [0, 0.05) is 0 Å². The number of hydrogen-bond acceptors (Lipinski definition) is 3. The summed E-state index contributed by atoms with van der Waals surface area (Å²) < 4.78 is 0. The van der Waals surface area contributed by atoms with E-state index in [1.807, 2.05) is 19.1 Å². The molecular weight excluding hydrogens is 372 g/mol. The number of benzene rings is 1. The van der Waals surface area contributed by atoms with Crippen molar-refractivity contribution in [3.63, 3.8) is 0 Å². The maximum absolute atomic E-state index is 11.0. The molecule has 0 radical (unpaired) electrons. The minimum atomic E-state index is -0.209. The Labute approximate surface area is 182 Å². The van der Waals surface area contributed by atoms with E-state index in [0.29, 0.717) is 23.5 Å². The van der Waals surface area contributed by atoms with Gasteiger partial charge in [-0.3, -0.25) is 0 Å². The molecule has 0 heterocycles. The number of phenols is 1. The number of phenolic OH excluding ortho intramolecular Hbond substituents is 1. The van der Waals surface area contributed by atoms with Crippen LogP contribution in [0.1, 0.15) is 88.7 Å². The van der Waals surface area contributed by atoms with E-state index in [-0.39, 0.29) is 23.0 Å². The maximum Gasteiger partial charge on any atom is 0.115 e. The molecule has 30 heavy (non-hydrogen) atoms. The Kier molecular flexibility index (Phi) is 6.07. The third-order valence-electron chi connectivity index (χ3n) is 9.05. The first-order valence-corrected chi connectivity index (χ1v) is 12.1. The summed E-state index contributed by atoms with van der Waals surface area (Å²) in [4.78, 5) is 0. The first-order chi connectivity index (χ1) is 14.3. The van der Waals surface area contributed by atoms with Gasteiger partial charge in [-0.2, -0.15) is 0 Å². The zero-order valence-electron chi connectivity index (χ0n) is 18.8. The lowest BCUT2D eigenvalue weighted by Crippen LogP contribution is -2.54. The number of aliphatic hydroxyl groups excluding tert-OH is 2. The first kappa shape index (κ1) is 21.9. The van der Waals surface area contributed by atoms with Gasteiger partial charge in [-0.15, -0.1) is 6.58 Å². The lowest BCUT2D eigenvalue weighted by atomic mass is 9.44. The van der Waals surface area contributed by atoms with Crippen LogP contribution in [0.3, 0.4) is 0 Å². The number of allylic oxidation sites excluding steroid dienone is 1. The van der Waals surface area contributed by atoms with Crippen LogP contribution in [-0.2, 0) is 6.42 Å². The van der Waals surface area contributed by atoms with Gasteiger partial charge in [-0.25, -0.2) is 0 Å². The van der Waals surface area contributed by atoms with Crippen molar-refractivity contribution in [2.75, 3.05) is 0 Å². The molecule has 3 aliphatic carbocycles. The molecule has 0 aromatic heterocycles. The van der Waals surface area contributed by atoms with Crippen molar-refractivity contribution >= 4 is 0 Å². The molecule has 3 aliphatic rings. The van der Waals surface area contributed by atoms with E-state index in [0.717, 1.165) is 57.8 Å². The van der Waals surface area contributed by atoms with Gasteiger partial charge in [-0.1, -0.05) is 38.3 Å². The second-order valence-electron chi connectivity index (χ2n) is 10.8. The smallest absolute Gasteiger partial charge is 0.115 e. The van der Waals surface area contributed by atoms with E-state index in [1.165, 1.54) is 17.5 Å². The fourth-order valence-corrected chi connectivity index (χ4v) is 7.72. The summed E-state index contributed by atoms with van der Waals surface area (Å²) in [6.07, 6.45) is 12.4. The number of rotatable bonds is 7. The number of fused-ring (bicyclic) bond motifs is 5. The molecule has 0 aliphatic heterocycles. The Hall–Kier alpha value is -1.32. The maximum atomic E-state index is 11.0. The van der Waals surface area contributed by atoms with Crippen LogP contribution in [0.5, 0.6) is 5.75 Å². The quantitative estimate of drug-likeness (QED) is 0.396. The molecule has 0 amide bonds. The van der Waals surface area contributed by atoms with Crippen LogP contribution in [-0.4, -0.2) is 27.5 Å². The van der Waals surface area contributed by atoms with Gasteiger partial charge in [0.05, 0.1) is 12.2 Å². The fraction of sp³-hybridized carbons (Fsp3) is 0.704.